The van der Waals surface area contributed by atoms with Crippen molar-refractivity contribution in [3.8, 4) is 67.5 Å². The van der Waals surface area contributed by atoms with Gasteiger partial charge in [-0.1, -0.05) is 170 Å². The maximum atomic E-state index is 6.50. The first-order chi connectivity index (χ1) is 28.2. The van der Waals surface area contributed by atoms with Crippen LogP contribution in [-0.2, 0) is 0 Å². The van der Waals surface area contributed by atoms with Crippen molar-refractivity contribution in [3.05, 3.63) is 200 Å². The molecule has 2 heterocycles. The second kappa shape index (κ2) is 13.6. The minimum atomic E-state index is 0.557. The first-order valence-corrected chi connectivity index (χ1v) is 19.2. The highest BCUT2D eigenvalue weighted by Crippen LogP contribution is 2.39. The average Bonchev–Trinajstić information content (AvgIpc) is 3.68. The fraction of sp³-hybridized carbons (Fsp3) is 0. The van der Waals surface area contributed by atoms with E-state index in [1.165, 1.54) is 21.9 Å². The lowest BCUT2D eigenvalue weighted by Gasteiger charge is -2.14. The van der Waals surface area contributed by atoms with Crippen LogP contribution in [0.3, 0.4) is 0 Å². The molecular formula is C53H33N3O. The predicted octanol–water partition coefficient (Wildman–Crippen LogP) is 14.1. The SMILES string of the molecule is c1ccc(-c2cccc(-c3ccc(-c4nc(-c5ccc(-c6ccc7ccccc7c6)cc5)nc(-c5cccc6c5oc5ccccc56)n4)c4ccccc34)c2)cc1. The van der Waals surface area contributed by atoms with E-state index < -0.39 is 0 Å². The third-order valence-corrected chi connectivity index (χ3v) is 11.0. The summed E-state index contributed by atoms with van der Waals surface area (Å²) in [7, 11) is 0. The first-order valence-electron chi connectivity index (χ1n) is 19.2. The van der Waals surface area contributed by atoms with Gasteiger partial charge in [0.1, 0.15) is 11.2 Å². The van der Waals surface area contributed by atoms with E-state index in [1.807, 2.05) is 24.3 Å². The van der Waals surface area contributed by atoms with Gasteiger partial charge in [-0.2, -0.15) is 0 Å². The summed E-state index contributed by atoms with van der Waals surface area (Å²) in [5, 5.41) is 6.72. The zero-order valence-corrected chi connectivity index (χ0v) is 30.8. The Hall–Kier alpha value is -7.69. The summed E-state index contributed by atoms with van der Waals surface area (Å²) < 4.78 is 6.50. The Morgan fingerprint density at radius 2 is 0.825 bits per heavy atom. The molecule has 4 heteroatoms. The average molecular weight is 728 g/mol. The molecule has 11 rings (SSSR count). The van der Waals surface area contributed by atoms with Crippen LogP contribution in [0.15, 0.2) is 205 Å². The Balaban J connectivity index is 1.08. The number of hydrogen-bond donors (Lipinski definition) is 0. The second-order valence-corrected chi connectivity index (χ2v) is 14.4. The summed E-state index contributed by atoms with van der Waals surface area (Å²) in [6, 6.07) is 70.0. The van der Waals surface area contributed by atoms with Crippen LogP contribution in [0.25, 0.3) is 111 Å². The van der Waals surface area contributed by atoms with Crippen LogP contribution in [0.2, 0.25) is 0 Å². The van der Waals surface area contributed by atoms with Gasteiger partial charge in [-0.25, -0.2) is 15.0 Å². The Morgan fingerprint density at radius 3 is 1.67 bits per heavy atom. The minimum absolute atomic E-state index is 0.557. The zero-order chi connectivity index (χ0) is 37.7. The van der Waals surface area contributed by atoms with Gasteiger partial charge in [0.15, 0.2) is 17.5 Å². The standard InChI is InChI=1S/C53H33N3O/c1-2-12-34(13-3-1)39-16-10-17-41(33-39)42-30-31-47(44-19-7-6-18-43(42)44)52-54-51(37-27-24-36(25-28-37)40-29-26-35-14-4-5-15-38(35)32-40)55-53(56-52)48-22-11-21-46-45-20-8-9-23-49(45)57-50(46)48/h1-33H. The van der Waals surface area contributed by atoms with Crippen molar-refractivity contribution in [1.29, 1.82) is 0 Å². The van der Waals surface area contributed by atoms with E-state index in [-0.39, 0.29) is 0 Å². The van der Waals surface area contributed by atoms with Gasteiger partial charge in [-0.3, -0.25) is 0 Å². The third-order valence-electron chi connectivity index (χ3n) is 11.0. The molecule has 266 valence electrons. The van der Waals surface area contributed by atoms with E-state index in [0.29, 0.717) is 17.5 Å². The largest absolute Gasteiger partial charge is 0.455 e. The van der Waals surface area contributed by atoms with Crippen LogP contribution in [0.1, 0.15) is 0 Å². The molecule has 0 atom stereocenters. The smallest absolute Gasteiger partial charge is 0.167 e. The Kier molecular flexibility index (Phi) is 7.78. The van der Waals surface area contributed by atoms with E-state index in [4.69, 9.17) is 19.4 Å². The second-order valence-electron chi connectivity index (χ2n) is 14.4. The topological polar surface area (TPSA) is 51.8 Å². The molecule has 0 radical (unpaired) electrons. The van der Waals surface area contributed by atoms with Crippen molar-refractivity contribution in [2.45, 2.75) is 0 Å². The molecule has 11 aromatic rings. The molecule has 0 saturated heterocycles. The number of para-hydroxylation sites is 2. The van der Waals surface area contributed by atoms with E-state index in [1.54, 1.807) is 0 Å². The summed E-state index contributed by atoms with van der Waals surface area (Å²) in [4.78, 5) is 15.6. The van der Waals surface area contributed by atoms with Crippen molar-refractivity contribution in [2.75, 3.05) is 0 Å². The van der Waals surface area contributed by atoms with Gasteiger partial charge >= 0.3 is 0 Å². The molecule has 2 aromatic heterocycles. The van der Waals surface area contributed by atoms with Gasteiger partial charge in [-0.05, 0) is 85.3 Å². The number of aromatic nitrogens is 3. The molecule has 0 aliphatic heterocycles. The van der Waals surface area contributed by atoms with Crippen molar-refractivity contribution < 1.29 is 4.42 Å². The van der Waals surface area contributed by atoms with Gasteiger partial charge in [0.25, 0.3) is 0 Å². The van der Waals surface area contributed by atoms with Crippen molar-refractivity contribution in [3.63, 3.8) is 0 Å². The van der Waals surface area contributed by atoms with Gasteiger partial charge < -0.3 is 4.42 Å². The summed E-state index contributed by atoms with van der Waals surface area (Å²) in [6.07, 6.45) is 0. The molecule has 0 amide bonds. The number of hydrogen-bond acceptors (Lipinski definition) is 4. The summed E-state index contributed by atoms with van der Waals surface area (Å²) >= 11 is 0. The van der Waals surface area contributed by atoms with Crippen LogP contribution in [-0.4, -0.2) is 15.0 Å². The van der Waals surface area contributed by atoms with Crippen molar-refractivity contribution in [1.82, 2.24) is 15.0 Å². The highest BCUT2D eigenvalue weighted by atomic mass is 16.3. The monoisotopic (exact) mass is 727 g/mol. The highest BCUT2D eigenvalue weighted by molar-refractivity contribution is 6.09. The van der Waals surface area contributed by atoms with E-state index in [0.717, 1.165) is 71.7 Å². The zero-order valence-electron chi connectivity index (χ0n) is 30.8. The molecule has 0 aliphatic carbocycles. The van der Waals surface area contributed by atoms with Gasteiger partial charge in [-0.15, -0.1) is 0 Å². The van der Waals surface area contributed by atoms with Crippen LogP contribution in [0.4, 0.5) is 0 Å². The quantitative estimate of drug-likeness (QED) is 0.171. The summed E-state index contributed by atoms with van der Waals surface area (Å²) in [5.74, 6) is 1.75. The summed E-state index contributed by atoms with van der Waals surface area (Å²) in [5.41, 5.74) is 11.2. The molecule has 0 fully saturated rings. The summed E-state index contributed by atoms with van der Waals surface area (Å²) in [6.45, 7) is 0. The van der Waals surface area contributed by atoms with Crippen LogP contribution >= 0.6 is 0 Å². The van der Waals surface area contributed by atoms with Crippen molar-refractivity contribution in [2.24, 2.45) is 0 Å². The Morgan fingerprint density at radius 1 is 0.281 bits per heavy atom. The number of fused-ring (bicyclic) bond motifs is 5. The maximum Gasteiger partial charge on any atom is 0.167 e. The molecule has 9 aromatic carbocycles. The normalized spacial score (nSPS) is 11.5. The van der Waals surface area contributed by atoms with E-state index in [9.17, 15) is 0 Å². The molecule has 0 aliphatic rings. The molecule has 0 spiro atoms. The highest BCUT2D eigenvalue weighted by Gasteiger charge is 2.19. The number of benzene rings is 9. The maximum absolute atomic E-state index is 6.50. The molecule has 0 unspecified atom stereocenters. The minimum Gasteiger partial charge on any atom is -0.455 e. The lowest BCUT2D eigenvalue weighted by molar-refractivity contribution is 0.669. The van der Waals surface area contributed by atoms with Gasteiger partial charge in [0.2, 0.25) is 0 Å². The van der Waals surface area contributed by atoms with Gasteiger partial charge in [0.05, 0.1) is 5.56 Å². The van der Waals surface area contributed by atoms with Crippen LogP contribution < -0.4 is 0 Å². The lowest BCUT2D eigenvalue weighted by atomic mass is 9.93. The number of furan rings is 1. The molecule has 0 N–H and O–H groups in total. The molecule has 0 saturated carbocycles. The lowest BCUT2D eigenvalue weighted by Crippen LogP contribution is -2.01. The number of nitrogens with zero attached hydrogens (tertiary/aromatic N) is 3. The Labute approximate surface area is 329 Å². The third kappa shape index (κ3) is 5.83. The van der Waals surface area contributed by atoms with E-state index in [2.05, 4.69) is 176 Å². The fourth-order valence-electron chi connectivity index (χ4n) is 8.09. The molecular weight excluding hydrogens is 695 g/mol. The number of rotatable bonds is 6. The van der Waals surface area contributed by atoms with Crippen molar-refractivity contribution >= 4 is 43.5 Å². The Bertz CT molecular complexity index is 3290. The van der Waals surface area contributed by atoms with Gasteiger partial charge in [0, 0.05) is 21.9 Å². The van der Waals surface area contributed by atoms with Crippen LogP contribution in [0.5, 0.6) is 0 Å². The first kappa shape index (κ1) is 32.7. The van der Waals surface area contributed by atoms with E-state index >= 15 is 0 Å². The predicted molar refractivity (Wildman–Crippen MR) is 235 cm³/mol. The molecule has 4 nitrogen and oxygen atoms in total. The fourth-order valence-corrected chi connectivity index (χ4v) is 8.09. The molecule has 0 bridgehead atoms. The molecule has 57 heavy (non-hydrogen) atoms. The van der Waals surface area contributed by atoms with Crippen LogP contribution in [0, 0.1) is 0 Å².